The Balaban J connectivity index is 1.97. The van der Waals surface area contributed by atoms with Crippen LogP contribution in [0.1, 0.15) is 95.1 Å². The second kappa shape index (κ2) is 14.4. The number of rotatable bonds is 16. The van der Waals surface area contributed by atoms with Crippen LogP contribution in [-0.4, -0.2) is 9.79 Å². The fraction of sp³-hybridized carbons (Fsp3) is 0.714. The first-order valence-electron chi connectivity index (χ1n) is 10.3. The third kappa shape index (κ3) is 13.5. The number of unbranched alkanes of at least 4 members (excludes halogenated alkanes) is 11. The number of hydrogen-bond donors (Lipinski definition) is 2. The van der Waals surface area contributed by atoms with Gasteiger partial charge >= 0.3 is 7.82 Å². The molecule has 1 aromatic carbocycles. The summed E-state index contributed by atoms with van der Waals surface area (Å²) < 4.78 is 15.2. The fourth-order valence-corrected chi connectivity index (χ4v) is 3.45. The van der Waals surface area contributed by atoms with Gasteiger partial charge in [-0.05, 0) is 24.0 Å². The monoisotopic (exact) mass is 384 g/mol. The number of aryl methyl sites for hydroxylation is 1. The molecule has 0 saturated carbocycles. The maximum atomic E-state index is 10.7. The van der Waals surface area contributed by atoms with Gasteiger partial charge in [-0.3, -0.25) is 4.52 Å². The van der Waals surface area contributed by atoms with E-state index in [1.165, 1.54) is 82.6 Å². The Bertz CT molecular complexity index is 495. The van der Waals surface area contributed by atoms with Gasteiger partial charge in [-0.1, -0.05) is 102 Å². The fourth-order valence-electron chi connectivity index (χ4n) is 3.13. The van der Waals surface area contributed by atoms with E-state index in [0.717, 1.165) is 12.0 Å². The summed E-state index contributed by atoms with van der Waals surface area (Å²) in [7, 11) is -4.39. The molecule has 2 N–H and O–H groups in total. The lowest BCUT2D eigenvalue weighted by atomic mass is 10.0. The van der Waals surface area contributed by atoms with E-state index in [2.05, 4.69) is 11.4 Å². The molecule has 0 aromatic heterocycles. The van der Waals surface area contributed by atoms with Crippen LogP contribution >= 0.6 is 7.82 Å². The van der Waals surface area contributed by atoms with Gasteiger partial charge in [0.1, 0.15) is 0 Å². The minimum Gasteiger partial charge on any atom is -0.303 e. The Morgan fingerprint density at radius 3 is 1.62 bits per heavy atom. The van der Waals surface area contributed by atoms with Crippen LogP contribution in [0.2, 0.25) is 0 Å². The van der Waals surface area contributed by atoms with Crippen molar-refractivity contribution in [2.45, 2.75) is 97.0 Å². The Morgan fingerprint density at radius 2 is 1.15 bits per heavy atom. The SMILES string of the molecule is CCCCCCCCCCCCCCc1ccc(COP(=O)(O)O)cc1. The molecule has 0 unspecified atom stereocenters. The first kappa shape index (κ1) is 23.4. The van der Waals surface area contributed by atoms with Gasteiger partial charge in [-0.2, -0.15) is 0 Å². The number of phosphoric ester groups is 1. The van der Waals surface area contributed by atoms with E-state index in [0.29, 0.717) is 0 Å². The zero-order valence-corrected chi connectivity index (χ0v) is 17.3. The molecule has 5 heteroatoms. The summed E-state index contributed by atoms with van der Waals surface area (Å²) in [4.78, 5) is 17.4. The van der Waals surface area contributed by atoms with E-state index in [-0.39, 0.29) is 6.61 Å². The zero-order chi connectivity index (χ0) is 19.1. The lowest BCUT2D eigenvalue weighted by Gasteiger charge is -2.07. The van der Waals surface area contributed by atoms with Crippen LogP contribution in [0, 0.1) is 0 Å². The summed E-state index contributed by atoms with van der Waals surface area (Å²) in [6.07, 6.45) is 17.4. The summed E-state index contributed by atoms with van der Waals surface area (Å²) in [5.74, 6) is 0. The van der Waals surface area contributed by atoms with Crippen LogP contribution in [0.3, 0.4) is 0 Å². The summed E-state index contributed by atoms with van der Waals surface area (Å²) in [6, 6.07) is 7.81. The third-order valence-electron chi connectivity index (χ3n) is 4.74. The Morgan fingerprint density at radius 1 is 0.731 bits per heavy atom. The maximum Gasteiger partial charge on any atom is 0.469 e. The number of benzene rings is 1. The Labute approximate surface area is 159 Å². The van der Waals surface area contributed by atoms with Crippen molar-refractivity contribution >= 4 is 7.82 Å². The Hall–Kier alpha value is -0.670. The smallest absolute Gasteiger partial charge is 0.303 e. The molecular formula is C21H37O4P. The van der Waals surface area contributed by atoms with Gasteiger partial charge in [0.05, 0.1) is 6.61 Å². The first-order chi connectivity index (χ1) is 12.5. The van der Waals surface area contributed by atoms with Crippen molar-refractivity contribution in [3.05, 3.63) is 35.4 Å². The summed E-state index contributed by atoms with van der Waals surface area (Å²) in [5.41, 5.74) is 2.06. The van der Waals surface area contributed by atoms with Gasteiger partial charge in [0.25, 0.3) is 0 Å². The molecule has 0 heterocycles. The highest BCUT2D eigenvalue weighted by atomic mass is 31.2. The molecule has 150 valence electrons. The topological polar surface area (TPSA) is 66.8 Å². The Kier molecular flexibility index (Phi) is 12.9. The normalized spacial score (nSPS) is 11.8. The van der Waals surface area contributed by atoms with Gasteiger partial charge in [-0.25, -0.2) is 4.57 Å². The quantitative estimate of drug-likeness (QED) is 0.251. The highest BCUT2D eigenvalue weighted by Crippen LogP contribution is 2.36. The molecule has 1 rings (SSSR count). The van der Waals surface area contributed by atoms with E-state index >= 15 is 0 Å². The second-order valence-electron chi connectivity index (χ2n) is 7.22. The van der Waals surface area contributed by atoms with Crippen LogP contribution in [-0.2, 0) is 22.1 Å². The van der Waals surface area contributed by atoms with Gasteiger partial charge in [0.2, 0.25) is 0 Å². The molecule has 1 aromatic rings. The average molecular weight is 384 g/mol. The molecule has 0 radical (unpaired) electrons. The number of hydrogen-bond acceptors (Lipinski definition) is 2. The van der Waals surface area contributed by atoms with E-state index < -0.39 is 7.82 Å². The molecule has 0 fully saturated rings. The number of phosphoric acid groups is 1. The van der Waals surface area contributed by atoms with E-state index in [4.69, 9.17) is 9.79 Å². The van der Waals surface area contributed by atoms with E-state index in [9.17, 15) is 4.57 Å². The second-order valence-corrected chi connectivity index (χ2v) is 8.46. The van der Waals surface area contributed by atoms with Crippen molar-refractivity contribution in [3.8, 4) is 0 Å². The molecule has 0 spiro atoms. The van der Waals surface area contributed by atoms with Crippen molar-refractivity contribution in [2.24, 2.45) is 0 Å². The average Bonchev–Trinajstić information content (AvgIpc) is 2.61. The minimum absolute atomic E-state index is 0.0524. The molecule has 0 aliphatic carbocycles. The molecule has 0 aliphatic heterocycles. The summed E-state index contributed by atoms with van der Waals surface area (Å²) >= 11 is 0. The maximum absolute atomic E-state index is 10.7. The predicted octanol–water partition coefficient (Wildman–Crippen LogP) is 6.54. The molecule has 4 nitrogen and oxygen atoms in total. The van der Waals surface area contributed by atoms with Crippen molar-refractivity contribution in [1.82, 2.24) is 0 Å². The van der Waals surface area contributed by atoms with Crippen LogP contribution < -0.4 is 0 Å². The van der Waals surface area contributed by atoms with E-state index in [1.54, 1.807) is 0 Å². The van der Waals surface area contributed by atoms with Gasteiger partial charge < -0.3 is 9.79 Å². The lowest BCUT2D eigenvalue weighted by molar-refractivity contribution is 0.189. The first-order valence-corrected chi connectivity index (χ1v) is 11.8. The standard InChI is InChI=1S/C21H37O4P/c1-2-3-4-5-6-7-8-9-10-11-12-13-14-20-15-17-21(18-16-20)19-25-26(22,23)24/h15-18H,2-14,19H2,1H3,(H2,22,23,24). The van der Waals surface area contributed by atoms with Crippen molar-refractivity contribution in [1.29, 1.82) is 0 Å². The molecule has 0 bridgehead atoms. The molecule has 0 amide bonds. The molecular weight excluding hydrogens is 347 g/mol. The van der Waals surface area contributed by atoms with Gasteiger partial charge in [0, 0.05) is 0 Å². The molecule has 0 aliphatic rings. The highest BCUT2D eigenvalue weighted by Gasteiger charge is 2.13. The van der Waals surface area contributed by atoms with Gasteiger partial charge in [0.15, 0.2) is 0 Å². The van der Waals surface area contributed by atoms with Crippen LogP contribution in [0.25, 0.3) is 0 Å². The molecule has 26 heavy (non-hydrogen) atoms. The summed E-state index contributed by atoms with van der Waals surface area (Å²) in [6.45, 7) is 2.21. The lowest BCUT2D eigenvalue weighted by Crippen LogP contribution is -1.92. The largest absolute Gasteiger partial charge is 0.469 e. The van der Waals surface area contributed by atoms with Gasteiger partial charge in [-0.15, -0.1) is 0 Å². The van der Waals surface area contributed by atoms with Crippen molar-refractivity contribution in [3.63, 3.8) is 0 Å². The van der Waals surface area contributed by atoms with Crippen LogP contribution in [0.4, 0.5) is 0 Å². The zero-order valence-electron chi connectivity index (χ0n) is 16.4. The summed E-state index contributed by atoms with van der Waals surface area (Å²) in [5, 5.41) is 0. The highest BCUT2D eigenvalue weighted by molar-refractivity contribution is 7.46. The van der Waals surface area contributed by atoms with Crippen molar-refractivity contribution in [2.75, 3.05) is 0 Å². The van der Waals surface area contributed by atoms with Crippen LogP contribution in [0.5, 0.6) is 0 Å². The van der Waals surface area contributed by atoms with E-state index in [1.807, 2.05) is 24.3 Å². The molecule has 0 saturated heterocycles. The van der Waals surface area contributed by atoms with Crippen LogP contribution in [0.15, 0.2) is 24.3 Å². The minimum atomic E-state index is -4.39. The molecule has 0 atom stereocenters. The third-order valence-corrected chi connectivity index (χ3v) is 5.21. The van der Waals surface area contributed by atoms with Crippen molar-refractivity contribution < 1.29 is 18.9 Å². The predicted molar refractivity (Wildman–Crippen MR) is 108 cm³/mol.